The van der Waals surface area contributed by atoms with E-state index in [9.17, 15) is 5.11 Å². The van der Waals surface area contributed by atoms with Crippen molar-refractivity contribution in [2.75, 3.05) is 0 Å². The molecule has 2 atom stereocenters. The molecule has 0 aromatic carbocycles. The summed E-state index contributed by atoms with van der Waals surface area (Å²) in [7, 11) is 0. The largest absolute Gasteiger partial charge is 0.387 e. The van der Waals surface area contributed by atoms with Gasteiger partial charge >= 0.3 is 0 Å². The van der Waals surface area contributed by atoms with Crippen LogP contribution < -0.4 is 0 Å². The monoisotopic (exact) mass is 272 g/mol. The number of aliphatic hydroxyl groups excluding tert-OH is 1. The molecular formula is C14H25ClN2O. The molecule has 0 aliphatic carbocycles. The van der Waals surface area contributed by atoms with Gasteiger partial charge in [0.05, 0.1) is 23.0 Å². The van der Waals surface area contributed by atoms with E-state index in [1.54, 1.807) is 6.20 Å². The molecule has 1 aromatic rings. The molecule has 1 aromatic heterocycles. The summed E-state index contributed by atoms with van der Waals surface area (Å²) in [4.78, 5) is 0. The maximum Gasteiger partial charge on any atom is 0.0974 e. The number of aromatic nitrogens is 2. The number of aliphatic hydroxyl groups is 1. The lowest BCUT2D eigenvalue weighted by Gasteiger charge is -2.29. The molecular weight excluding hydrogens is 248 g/mol. The van der Waals surface area contributed by atoms with E-state index in [-0.39, 0.29) is 5.41 Å². The van der Waals surface area contributed by atoms with E-state index in [4.69, 9.17) is 11.6 Å². The van der Waals surface area contributed by atoms with E-state index in [0.29, 0.717) is 17.4 Å². The smallest absolute Gasteiger partial charge is 0.0974 e. The first-order chi connectivity index (χ1) is 8.27. The van der Waals surface area contributed by atoms with E-state index in [2.05, 4.69) is 39.7 Å². The van der Waals surface area contributed by atoms with Gasteiger partial charge < -0.3 is 5.11 Å². The van der Waals surface area contributed by atoms with Gasteiger partial charge in [-0.25, -0.2) is 0 Å². The summed E-state index contributed by atoms with van der Waals surface area (Å²) in [5.41, 5.74) is 0.942. The van der Waals surface area contributed by atoms with Gasteiger partial charge in [-0.2, -0.15) is 5.10 Å². The lowest BCUT2D eigenvalue weighted by molar-refractivity contribution is 0.103. The minimum Gasteiger partial charge on any atom is -0.387 e. The molecule has 1 rings (SSSR count). The molecule has 2 unspecified atom stereocenters. The number of nitrogens with zero attached hydrogens (tertiary/aromatic N) is 2. The molecule has 104 valence electrons. The van der Waals surface area contributed by atoms with Crippen molar-refractivity contribution in [1.29, 1.82) is 0 Å². The van der Waals surface area contributed by atoms with Crippen LogP contribution in [-0.4, -0.2) is 14.9 Å². The predicted octanol–water partition coefficient (Wildman–Crippen LogP) is 4.05. The normalized spacial score (nSPS) is 15.7. The number of rotatable bonds is 5. The zero-order valence-corrected chi connectivity index (χ0v) is 12.8. The van der Waals surface area contributed by atoms with Gasteiger partial charge in [0.15, 0.2) is 0 Å². The van der Waals surface area contributed by atoms with Crippen LogP contribution in [0.5, 0.6) is 0 Å². The fraction of sp³-hybridized carbons (Fsp3) is 0.786. The Morgan fingerprint density at radius 3 is 2.56 bits per heavy atom. The number of hydrogen-bond acceptors (Lipinski definition) is 2. The molecule has 0 amide bonds. The van der Waals surface area contributed by atoms with Gasteiger partial charge in [0, 0.05) is 6.54 Å². The highest BCUT2D eigenvalue weighted by atomic mass is 35.5. The van der Waals surface area contributed by atoms with Crippen molar-refractivity contribution in [2.24, 2.45) is 11.3 Å². The van der Waals surface area contributed by atoms with Gasteiger partial charge in [0.1, 0.15) is 0 Å². The van der Waals surface area contributed by atoms with Crippen molar-refractivity contribution < 1.29 is 5.11 Å². The summed E-state index contributed by atoms with van der Waals surface area (Å²) in [5, 5.41) is 15.2. The first-order valence-corrected chi connectivity index (χ1v) is 7.04. The van der Waals surface area contributed by atoms with Gasteiger partial charge in [-0.3, -0.25) is 4.68 Å². The Kier molecular flexibility index (Phi) is 5.23. The highest BCUT2D eigenvalue weighted by Gasteiger charge is 2.26. The molecule has 0 aliphatic heterocycles. The average Bonchev–Trinajstić information content (AvgIpc) is 2.59. The summed E-state index contributed by atoms with van der Waals surface area (Å²) in [5.74, 6) is 0.411. The Morgan fingerprint density at radius 1 is 1.44 bits per heavy atom. The van der Waals surface area contributed by atoms with E-state index in [1.165, 1.54) is 0 Å². The van der Waals surface area contributed by atoms with Crippen LogP contribution in [0.1, 0.15) is 59.3 Å². The maximum absolute atomic E-state index is 10.4. The van der Waals surface area contributed by atoms with Crippen LogP contribution in [0.25, 0.3) is 0 Å². The van der Waals surface area contributed by atoms with E-state index in [1.807, 2.05) is 4.68 Å². The molecule has 1 heterocycles. The molecule has 1 N–H and O–H groups in total. The third-order valence-corrected chi connectivity index (χ3v) is 3.93. The van der Waals surface area contributed by atoms with Crippen LogP contribution in [0.3, 0.4) is 0 Å². The molecule has 0 fully saturated rings. The van der Waals surface area contributed by atoms with Crippen LogP contribution in [0.2, 0.25) is 5.02 Å². The maximum atomic E-state index is 10.4. The quantitative estimate of drug-likeness (QED) is 0.878. The summed E-state index contributed by atoms with van der Waals surface area (Å²) >= 11 is 6.13. The third kappa shape index (κ3) is 3.72. The van der Waals surface area contributed by atoms with Crippen molar-refractivity contribution in [3.8, 4) is 0 Å². The first-order valence-electron chi connectivity index (χ1n) is 6.66. The molecule has 0 aliphatic rings. The minimum absolute atomic E-state index is 0.184. The standard InChI is InChI=1S/C14H25ClN2O/c1-6-7-17-13(11(15)9-16-17)12(18)8-10(2)14(3,4)5/h9-10,12,18H,6-8H2,1-5H3. The zero-order chi connectivity index (χ0) is 13.9. The molecule has 0 spiro atoms. The Hall–Kier alpha value is -0.540. The molecule has 3 nitrogen and oxygen atoms in total. The van der Waals surface area contributed by atoms with Crippen molar-refractivity contribution in [2.45, 2.75) is 60.1 Å². The molecule has 4 heteroatoms. The highest BCUT2D eigenvalue weighted by molar-refractivity contribution is 6.31. The summed E-state index contributed by atoms with van der Waals surface area (Å²) in [6, 6.07) is 0. The molecule has 0 bridgehead atoms. The SMILES string of the molecule is CCCn1ncc(Cl)c1C(O)CC(C)C(C)(C)C. The zero-order valence-electron chi connectivity index (χ0n) is 12.1. The van der Waals surface area contributed by atoms with Crippen molar-refractivity contribution in [3.05, 3.63) is 16.9 Å². The van der Waals surface area contributed by atoms with Crippen molar-refractivity contribution in [1.82, 2.24) is 9.78 Å². The average molecular weight is 273 g/mol. The van der Waals surface area contributed by atoms with Gasteiger partial charge in [-0.15, -0.1) is 0 Å². The fourth-order valence-electron chi connectivity index (χ4n) is 1.89. The summed E-state index contributed by atoms with van der Waals surface area (Å²) in [6.07, 6.45) is 2.77. The van der Waals surface area contributed by atoms with E-state index < -0.39 is 6.10 Å². The summed E-state index contributed by atoms with van der Waals surface area (Å²) < 4.78 is 1.82. The van der Waals surface area contributed by atoms with Crippen molar-refractivity contribution >= 4 is 11.6 Å². The lowest BCUT2D eigenvalue weighted by Crippen LogP contribution is -2.21. The highest BCUT2D eigenvalue weighted by Crippen LogP contribution is 2.35. The fourth-order valence-corrected chi connectivity index (χ4v) is 2.16. The van der Waals surface area contributed by atoms with Gasteiger partial charge in [-0.1, -0.05) is 46.2 Å². The van der Waals surface area contributed by atoms with Crippen molar-refractivity contribution in [3.63, 3.8) is 0 Å². The Morgan fingerprint density at radius 2 is 2.06 bits per heavy atom. The lowest BCUT2D eigenvalue weighted by atomic mass is 9.78. The molecule has 0 saturated carbocycles. The predicted molar refractivity (Wildman–Crippen MR) is 75.7 cm³/mol. The second-order valence-electron chi connectivity index (χ2n) is 6.12. The van der Waals surface area contributed by atoms with E-state index >= 15 is 0 Å². The Balaban J connectivity index is 2.83. The van der Waals surface area contributed by atoms with E-state index in [0.717, 1.165) is 18.7 Å². The van der Waals surface area contributed by atoms with Crippen LogP contribution in [0.4, 0.5) is 0 Å². The summed E-state index contributed by atoms with van der Waals surface area (Å²) in [6.45, 7) is 11.6. The third-order valence-electron chi connectivity index (χ3n) is 3.64. The topological polar surface area (TPSA) is 38.0 Å². The molecule has 0 radical (unpaired) electrons. The second kappa shape index (κ2) is 6.07. The van der Waals surface area contributed by atoms with Gasteiger partial charge in [0.2, 0.25) is 0 Å². The Labute approximate surface area is 115 Å². The number of halogens is 1. The number of aryl methyl sites for hydroxylation is 1. The van der Waals surface area contributed by atoms with Crippen LogP contribution in [0.15, 0.2) is 6.20 Å². The van der Waals surface area contributed by atoms with Crippen LogP contribution in [0, 0.1) is 11.3 Å². The van der Waals surface area contributed by atoms with Gasteiger partial charge in [-0.05, 0) is 24.2 Å². The minimum atomic E-state index is -0.541. The van der Waals surface area contributed by atoms with Crippen LogP contribution >= 0.6 is 11.6 Å². The van der Waals surface area contributed by atoms with Gasteiger partial charge in [0.25, 0.3) is 0 Å². The van der Waals surface area contributed by atoms with Crippen LogP contribution in [-0.2, 0) is 6.54 Å². The Bertz CT molecular complexity index is 382. The molecule has 0 saturated heterocycles. The second-order valence-corrected chi connectivity index (χ2v) is 6.53. The molecule has 18 heavy (non-hydrogen) atoms. The number of hydrogen-bond donors (Lipinski definition) is 1. The first kappa shape index (κ1) is 15.5.